The van der Waals surface area contributed by atoms with Crippen LogP contribution in [-0.2, 0) is 17.9 Å². The fourth-order valence-electron chi connectivity index (χ4n) is 4.48. The third-order valence-corrected chi connectivity index (χ3v) is 6.36. The minimum Gasteiger partial charge on any atom is -0.352 e. The molecule has 1 amide bonds. The third-order valence-electron chi connectivity index (χ3n) is 6.36. The third kappa shape index (κ3) is 5.63. The maximum absolute atomic E-state index is 12.2. The predicted molar refractivity (Wildman–Crippen MR) is 111 cm³/mol. The fraction of sp³-hybridized carbons (Fsp3) is 0.636. The molecule has 2 aliphatic rings. The lowest BCUT2D eigenvalue weighted by Gasteiger charge is -2.27. The number of quaternary nitrogens is 1. The summed E-state index contributed by atoms with van der Waals surface area (Å²) in [7, 11) is 0. The van der Waals surface area contributed by atoms with E-state index in [2.05, 4.69) is 51.9 Å². The van der Waals surface area contributed by atoms with Crippen molar-refractivity contribution in [2.24, 2.45) is 5.92 Å². The minimum absolute atomic E-state index is 0.0324. The topological polar surface area (TPSA) is 77.1 Å². The standard InChI is InChI=1S/C22H32N6O/c1-17-11-13-27(14-12-17)15-18-7-9-19(10-8-18)22-24-26-28(25-22)16-21(29)23-20-5-3-2-4-6-20/h7-10,17,20H,2-6,11-16H2,1H3,(H,23,29)/p+1. The number of carbonyl (C=O) groups is 1. The predicted octanol–water partition coefficient (Wildman–Crippen LogP) is 1.60. The van der Waals surface area contributed by atoms with Gasteiger partial charge in [0, 0.05) is 17.2 Å². The van der Waals surface area contributed by atoms with Gasteiger partial charge in [0.1, 0.15) is 13.1 Å². The van der Waals surface area contributed by atoms with Gasteiger partial charge in [-0.15, -0.1) is 10.2 Å². The van der Waals surface area contributed by atoms with Gasteiger partial charge in [0.2, 0.25) is 11.7 Å². The van der Waals surface area contributed by atoms with Crippen molar-refractivity contribution in [3.63, 3.8) is 0 Å². The summed E-state index contributed by atoms with van der Waals surface area (Å²) in [6.45, 7) is 6.08. The molecule has 0 spiro atoms. The average Bonchev–Trinajstić information content (AvgIpc) is 3.19. The Morgan fingerprint density at radius 2 is 1.83 bits per heavy atom. The summed E-state index contributed by atoms with van der Waals surface area (Å²) >= 11 is 0. The van der Waals surface area contributed by atoms with E-state index in [4.69, 9.17) is 0 Å². The van der Waals surface area contributed by atoms with Crippen molar-refractivity contribution in [1.29, 1.82) is 0 Å². The van der Waals surface area contributed by atoms with E-state index in [1.807, 2.05) is 0 Å². The van der Waals surface area contributed by atoms with E-state index in [1.165, 1.54) is 55.6 Å². The van der Waals surface area contributed by atoms with Crippen LogP contribution >= 0.6 is 0 Å². The van der Waals surface area contributed by atoms with Crippen LogP contribution in [0.1, 0.15) is 57.4 Å². The van der Waals surface area contributed by atoms with E-state index in [-0.39, 0.29) is 12.5 Å². The number of nitrogens with zero attached hydrogens (tertiary/aromatic N) is 4. The van der Waals surface area contributed by atoms with Gasteiger partial charge in [-0.05, 0) is 36.8 Å². The smallest absolute Gasteiger partial charge is 0.243 e. The molecular formula is C22H33N6O+. The number of piperidine rings is 1. The van der Waals surface area contributed by atoms with Crippen molar-refractivity contribution >= 4 is 5.91 Å². The molecule has 1 saturated heterocycles. The maximum Gasteiger partial charge on any atom is 0.243 e. The number of nitrogens with one attached hydrogen (secondary N) is 2. The van der Waals surface area contributed by atoms with Crippen LogP contribution in [0.4, 0.5) is 0 Å². The first-order chi connectivity index (χ1) is 14.2. The van der Waals surface area contributed by atoms with Crippen molar-refractivity contribution in [3.8, 4) is 11.4 Å². The van der Waals surface area contributed by atoms with Gasteiger partial charge in [0.15, 0.2) is 0 Å². The number of hydrogen-bond donors (Lipinski definition) is 2. The first-order valence-corrected chi connectivity index (χ1v) is 11.2. The Bertz CT molecular complexity index is 788. The molecule has 1 saturated carbocycles. The van der Waals surface area contributed by atoms with Crippen molar-refractivity contribution in [2.45, 2.75) is 71.0 Å². The summed E-state index contributed by atoms with van der Waals surface area (Å²) in [5, 5.41) is 15.7. The maximum atomic E-state index is 12.2. The molecule has 2 aromatic rings. The molecule has 0 bridgehead atoms. The number of benzene rings is 1. The highest BCUT2D eigenvalue weighted by molar-refractivity contribution is 5.75. The lowest BCUT2D eigenvalue weighted by molar-refractivity contribution is -0.919. The summed E-state index contributed by atoms with van der Waals surface area (Å²) in [5.41, 5.74) is 2.28. The molecule has 7 nitrogen and oxygen atoms in total. The van der Waals surface area contributed by atoms with E-state index in [0.717, 1.165) is 30.9 Å². The number of hydrogen-bond acceptors (Lipinski definition) is 4. The summed E-state index contributed by atoms with van der Waals surface area (Å²) in [6.07, 6.45) is 8.48. The van der Waals surface area contributed by atoms with E-state index in [1.54, 1.807) is 4.90 Å². The van der Waals surface area contributed by atoms with Gasteiger partial charge in [-0.1, -0.05) is 50.5 Å². The summed E-state index contributed by atoms with van der Waals surface area (Å²) in [4.78, 5) is 15.3. The van der Waals surface area contributed by atoms with Crippen LogP contribution in [0.2, 0.25) is 0 Å². The van der Waals surface area contributed by atoms with E-state index in [9.17, 15) is 4.79 Å². The molecule has 1 aliphatic heterocycles. The monoisotopic (exact) mass is 397 g/mol. The largest absolute Gasteiger partial charge is 0.352 e. The molecule has 2 fully saturated rings. The molecule has 0 atom stereocenters. The Kier molecular flexibility index (Phi) is 6.54. The molecule has 2 N–H and O–H groups in total. The highest BCUT2D eigenvalue weighted by atomic mass is 16.2. The number of tetrazole rings is 1. The van der Waals surface area contributed by atoms with Crippen molar-refractivity contribution in [2.75, 3.05) is 13.1 Å². The Hall–Kier alpha value is -2.28. The number of rotatable bonds is 6. The second-order valence-corrected chi connectivity index (χ2v) is 8.85. The Labute approximate surface area is 172 Å². The Morgan fingerprint density at radius 1 is 1.10 bits per heavy atom. The second-order valence-electron chi connectivity index (χ2n) is 8.85. The molecular weight excluding hydrogens is 364 g/mol. The zero-order chi connectivity index (χ0) is 20.1. The summed E-state index contributed by atoms with van der Waals surface area (Å²) in [5.74, 6) is 1.41. The Morgan fingerprint density at radius 3 is 2.55 bits per heavy atom. The van der Waals surface area contributed by atoms with Gasteiger partial charge in [0.25, 0.3) is 0 Å². The van der Waals surface area contributed by atoms with Gasteiger partial charge < -0.3 is 10.2 Å². The number of carbonyl (C=O) groups excluding carboxylic acids is 1. The molecule has 29 heavy (non-hydrogen) atoms. The SMILES string of the molecule is CC1CC[NH+](Cc2ccc(-c3nnn(CC(=O)NC4CCCCC4)n3)cc2)CC1. The van der Waals surface area contributed by atoms with Gasteiger partial charge in [-0.2, -0.15) is 4.80 Å². The average molecular weight is 398 g/mol. The van der Waals surface area contributed by atoms with Crippen LogP contribution in [0.15, 0.2) is 24.3 Å². The van der Waals surface area contributed by atoms with Crippen LogP contribution in [0.25, 0.3) is 11.4 Å². The van der Waals surface area contributed by atoms with Gasteiger partial charge in [0.05, 0.1) is 13.1 Å². The lowest BCUT2D eigenvalue weighted by Crippen LogP contribution is -3.11. The molecule has 156 valence electrons. The second kappa shape index (κ2) is 9.48. The molecule has 1 aromatic heterocycles. The normalized spacial score (nSPS) is 23.1. The number of aromatic nitrogens is 4. The molecule has 0 radical (unpaired) electrons. The Balaban J connectivity index is 1.30. The molecule has 4 rings (SSSR count). The molecule has 1 aromatic carbocycles. The highest BCUT2D eigenvalue weighted by Crippen LogP contribution is 2.17. The minimum atomic E-state index is -0.0324. The summed E-state index contributed by atoms with van der Waals surface area (Å²) < 4.78 is 0. The van der Waals surface area contributed by atoms with Gasteiger partial charge in [-0.3, -0.25) is 4.79 Å². The number of amides is 1. The zero-order valence-electron chi connectivity index (χ0n) is 17.4. The summed E-state index contributed by atoms with van der Waals surface area (Å²) in [6, 6.07) is 8.75. The van der Waals surface area contributed by atoms with Crippen molar-refractivity contribution in [3.05, 3.63) is 29.8 Å². The lowest BCUT2D eigenvalue weighted by atomic mass is 9.95. The fourth-order valence-corrected chi connectivity index (χ4v) is 4.48. The molecule has 0 unspecified atom stereocenters. The quantitative estimate of drug-likeness (QED) is 0.776. The van der Waals surface area contributed by atoms with Crippen LogP contribution in [0.3, 0.4) is 0 Å². The molecule has 2 heterocycles. The van der Waals surface area contributed by atoms with E-state index < -0.39 is 0 Å². The van der Waals surface area contributed by atoms with Crippen molar-refractivity contribution < 1.29 is 9.69 Å². The first-order valence-electron chi connectivity index (χ1n) is 11.2. The highest BCUT2D eigenvalue weighted by Gasteiger charge is 2.19. The zero-order valence-corrected chi connectivity index (χ0v) is 17.4. The van der Waals surface area contributed by atoms with Crippen LogP contribution in [0, 0.1) is 5.92 Å². The van der Waals surface area contributed by atoms with Gasteiger partial charge >= 0.3 is 0 Å². The molecule has 7 heteroatoms. The van der Waals surface area contributed by atoms with Crippen LogP contribution in [-0.4, -0.2) is 45.2 Å². The van der Waals surface area contributed by atoms with E-state index in [0.29, 0.717) is 11.9 Å². The number of likely N-dealkylation sites (tertiary alicyclic amines) is 1. The molecule has 1 aliphatic carbocycles. The van der Waals surface area contributed by atoms with Crippen LogP contribution < -0.4 is 10.2 Å². The van der Waals surface area contributed by atoms with Gasteiger partial charge in [-0.25, -0.2) is 0 Å². The van der Waals surface area contributed by atoms with Crippen molar-refractivity contribution in [1.82, 2.24) is 25.5 Å². The van der Waals surface area contributed by atoms with Crippen LogP contribution in [0.5, 0.6) is 0 Å². The first kappa shape index (κ1) is 20.0. The van der Waals surface area contributed by atoms with E-state index >= 15 is 0 Å².